The quantitative estimate of drug-likeness (QED) is 0.815. The molecule has 2 nitrogen and oxygen atoms in total. The highest BCUT2D eigenvalue weighted by atomic mass is 19.1. The maximum atomic E-state index is 14.3. The second-order valence-electron chi connectivity index (χ2n) is 5.79. The highest BCUT2D eigenvalue weighted by molar-refractivity contribution is 5.92. The molecule has 0 atom stereocenters. The summed E-state index contributed by atoms with van der Waals surface area (Å²) in [5, 5.41) is 19.0. The van der Waals surface area contributed by atoms with Crippen molar-refractivity contribution < 1.29 is 19.0 Å². The number of allylic oxidation sites excluding steroid dienone is 2. The second kappa shape index (κ2) is 6.03. The van der Waals surface area contributed by atoms with E-state index in [1.807, 2.05) is 13.0 Å². The van der Waals surface area contributed by atoms with E-state index in [1.165, 1.54) is 0 Å². The van der Waals surface area contributed by atoms with E-state index < -0.39 is 17.4 Å². The number of benzene rings is 2. The molecule has 0 amide bonds. The van der Waals surface area contributed by atoms with E-state index in [1.54, 1.807) is 12.1 Å². The third kappa shape index (κ3) is 2.81. The highest BCUT2D eigenvalue weighted by Crippen LogP contribution is 2.40. The number of phenolic OH excluding ortho intramolecular Hbond substituents is 2. The second-order valence-corrected chi connectivity index (χ2v) is 5.79. The number of phenols is 2. The standard InChI is InChI=1S/C19H18F2O2/c1-2-13-14-7-6-12(22)8-11(14)4-3-5-15(13)16-9-18(21)19(23)10-17(16)20/h6-10,22-23H,2-5H2,1H3. The fourth-order valence-electron chi connectivity index (χ4n) is 3.32. The molecule has 0 saturated heterocycles. The Morgan fingerprint density at radius 1 is 0.957 bits per heavy atom. The van der Waals surface area contributed by atoms with E-state index >= 15 is 0 Å². The van der Waals surface area contributed by atoms with Crippen LogP contribution in [0.1, 0.15) is 42.9 Å². The third-order valence-electron chi connectivity index (χ3n) is 4.37. The summed E-state index contributed by atoms with van der Waals surface area (Å²) in [6, 6.07) is 7.09. The summed E-state index contributed by atoms with van der Waals surface area (Å²) >= 11 is 0. The Kier molecular flexibility index (Phi) is 4.07. The van der Waals surface area contributed by atoms with Crippen LogP contribution in [0.25, 0.3) is 11.1 Å². The molecule has 0 aromatic heterocycles. The molecule has 2 aromatic rings. The summed E-state index contributed by atoms with van der Waals surface area (Å²) in [5.41, 5.74) is 3.94. The first-order valence-electron chi connectivity index (χ1n) is 7.74. The number of halogens is 2. The average Bonchev–Trinajstić information content (AvgIpc) is 2.69. The molecular formula is C19H18F2O2. The highest BCUT2D eigenvalue weighted by Gasteiger charge is 2.21. The molecule has 0 radical (unpaired) electrons. The van der Waals surface area contributed by atoms with Gasteiger partial charge in [-0.2, -0.15) is 0 Å². The molecule has 0 bridgehead atoms. The molecule has 120 valence electrons. The summed E-state index contributed by atoms with van der Waals surface area (Å²) in [7, 11) is 0. The van der Waals surface area contributed by atoms with Gasteiger partial charge >= 0.3 is 0 Å². The minimum atomic E-state index is -0.820. The van der Waals surface area contributed by atoms with Gasteiger partial charge in [0.2, 0.25) is 0 Å². The Morgan fingerprint density at radius 2 is 1.74 bits per heavy atom. The van der Waals surface area contributed by atoms with Crippen molar-refractivity contribution in [3.05, 3.63) is 58.7 Å². The zero-order valence-electron chi connectivity index (χ0n) is 12.9. The van der Waals surface area contributed by atoms with Crippen LogP contribution in [0, 0.1) is 11.6 Å². The maximum Gasteiger partial charge on any atom is 0.165 e. The van der Waals surface area contributed by atoms with Crippen molar-refractivity contribution in [2.45, 2.75) is 32.6 Å². The lowest BCUT2D eigenvalue weighted by Crippen LogP contribution is -1.96. The smallest absolute Gasteiger partial charge is 0.165 e. The lowest BCUT2D eigenvalue weighted by Gasteiger charge is -2.15. The molecule has 1 aliphatic rings. The SMILES string of the molecule is CCC1=C(c2cc(F)c(O)cc2F)CCCc2cc(O)ccc21. The van der Waals surface area contributed by atoms with Gasteiger partial charge in [-0.25, -0.2) is 8.78 Å². The van der Waals surface area contributed by atoms with Gasteiger partial charge < -0.3 is 10.2 Å². The Hall–Kier alpha value is -2.36. The van der Waals surface area contributed by atoms with Gasteiger partial charge in [-0.15, -0.1) is 0 Å². The van der Waals surface area contributed by atoms with Crippen LogP contribution in [0.5, 0.6) is 11.5 Å². The minimum Gasteiger partial charge on any atom is -0.508 e. The molecule has 2 N–H and O–H groups in total. The molecule has 2 aromatic carbocycles. The summed E-state index contributed by atoms with van der Waals surface area (Å²) in [6.07, 6.45) is 2.87. The van der Waals surface area contributed by atoms with E-state index in [-0.39, 0.29) is 11.3 Å². The van der Waals surface area contributed by atoms with Gasteiger partial charge in [-0.05, 0) is 66.2 Å². The molecule has 23 heavy (non-hydrogen) atoms. The Morgan fingerprint density at radius 3 is 2.48 bits per heavy atom. The summed E-state index contributed by atoms with van der Waals surface area (Å²) in [6.45, 7) is 1.98. The van der Waals surface area contributed by atoms with E-state index in [9.17, 15) is 19.0 Å². The predicted molar refractivity (Wildman–Crippen MR) is 86.2 cm³/mol. The van der Waals surface area contributed by atoms with Crippen LogP contribution in [0.15, 0.2) is 30.3 Å². The van der Waals surface area contributed by atoms with Crippen LogP contribution < -0.4 is 0 Å². The van der Waals surface area contributed by atoms with Gasteiger partial charge in [0.15, 0.2) is 11.6 Å². The van der Waals surface area contributed by atoms with Crippen molar-refractivity contribution in [1.82, 2.24) is 0 Å². The van der Waals surface area contributed by atoms with Gasteiger partial charge in [0, 0.05) is 11.6 Å². The van der Waals surface area contributed by atoms with Gasteiger partial charge in [-0.1, -0.05) is 13.0 Å². The van der Waals surface area contributed by atoms with Crippen molar-refractivity contribution in [3.63, 3.8) is 0 Å². The van der Waals surface area contributed by atoms with Crippen LogP contribution >= 0.6 is 0 Å². The van der Waals surface area contributed by atoms with Crippen LogP contribution in [-0.4, -0.2) is 10.2 Å². The molecular weight excluding hydrogens is 298 g/mol. The predicted octanol–water partition coefficient (Wildman–Crippen LogP) is 5.03. The first kappa shape index (κ1) is 15.5. The number of hydrogen-bond acceptors (Lipinski definition) is 2. The summed E-state index contributed by atoms with van der Waals surface area (Å²) in [4.78, 5) is 0. The van der Waals surface area contributed by atoms with Gasteiger partial charge in [0.25, 0.3) is 0 Å². The van der Waals surface area contributed by atoms with Crippen LogP contribution in [0.2, 0.25) is 0 Å². The Bertz CT molecular complexity index is 794. The first-order valence-corrected chi connectivity index (χ1v) is 7.74. The average molecular weight is 316 g/mol. The van der Waals surface area contributed by atoms with E-state index in [0.29, 0.717) is 12.8 Å². The zero-order valence-corrected chi connectivity index (χ0v) is 12.9. The Balaban J connectivity index is 2.24. The number of aromatic hydroxyl groups is 2. The molecule has 0 fully saturated rings. The molecule has 0 heterocycles. The molecule has 0 spiro atoms. The summed E-state index contributed by atoms with van der Waals surface area (Å²) in [5.74, 6) is -1.90. The minimum absolute atomic E-state index is 0.207. The van der Waals surface area contributed by atoms with Gasteiger partial charge in [0.1, 0.15) is 11.6 Å². The van der Waals surface area contributed by atoms with Crippen molar-refractivity contribution in [2.75, 3.05) is 0 Å². The molecule has 0 saturated carbocycles. The normalized spacial score (nSPS) is 14.6. The van der Waals surface area contributed by atoms with E-state index in [2.05, 4.69) is 0 Å². The number of fused-ring (bicyclic) bond motifs is 1. The molecule has 0 unspecified atom stereocenters. The van der Waals surface area contributed by atoms with Crippen LogP contribution in [0.3, 0.4) is 0 Å². The zero-order chi connectivity index (χ0) is 16.6. The largest absolute Gasteiger partial charge is 0.508 e. The first-order chi connectivity index (χ1) is 11.0. The lowest BCUT2D eigenvalue weighted by atomic mass is 9.90. The fourth-order valence-corrected chi connectivity index (χ4v) is 3.32. The van der Waals surface area contributed by atoms with E-state index in [0.717, 1.165) is 47.2 Å². The number of aryl methyl sites for hydroxylation is 1. The Labute approximate surface area is 133 Å². The van der Waals surface area contributed by atoms with E-state index in [4.69, 9.17) is 0 Å². The number of rotatable bonds is 2. The van der Waals surface area contributed by atoms with Crippen molar-refractivity contribution in [3.8, 4) is 11.5 Å². The van der Waals surface area contributed by atoms with Crippen LogP contribution in [-0.2, 0) is 6.42 Å². The maximum absolute atomic E-state index is 14.3. The van der Waals surface area contributed by atoms with Gasteiger partial charge in [0.05, 0.1) is 0 Å². The lowest BCUT2D eigenvalue weighted by molar-refractivity contribution is 0.426. The molecule has 0 aliphatic heterocycles. The topological polar surface area (TPSA) is 40.5 Å². The monoisotopic (exact) mass is 316 g/mol. The molecule has 3 rings (SSSR count). The van der Waals surface area contributed by atoms with Crippen molar-refractivity contribution >= 4 is 11.1 Å². The summed E-state index contributed by atoms with van der Waals surface area (Å²) < 4.78 is 28.0. The fraction of sp³-hybridized carbons (Fsp3) is 0.263. The van der Waals surface area contributed by atoms with Crippen molar-refractivity contribution in [2.24, 2.45) is 0 Å². The van der Waals surface area contributed by atoms with Crippen LogP contribution in [0.4, 0.5) is 8.78 Å². The molecule has 1 aliphatic carbocycles. The van der Waals surface area contributed by atoms with Crippen molar-refractivity contribution in [1.29, 1.82) is 0 Å². The third-order valence-corrected chi connectivity index (χ3v) is 4.37. The van der Waals surface area contributed by atoms with Gasteiger partial charge in [-0.3, -0.25) is 0 Å². The number of hydrogen-bond donors (Lipinski definition) is 2. The molecule has 4 heteroatoms.